The van der Waals surface area contributed by atoms with Crippen molar-refractivity contribution >= 4 is 11.8 Å². The quantitative estimate of drug-likeness (QED) is 0.731. The van der Waals surface area contributed by atoms with E-state index in [4.69, 9.17) is 5.11 Å². The van der Waals surface area contributed by atoms with Gasteiger partial charge in [0.1, 0.15) is 6.67 Å². The molecule has 0 aliphatic rings. The average Bonchev–Trinajstić information content (AvgIpc) is 2.86. The lowest BCUT2D eigenvalue weighted by atomic mass is 10.4. The summed E-state index contributed by atoms with van der Waals surface area (Å²) in [6.07, 6.45) is 3.34. The number of hydrogen-bond acceptors (Lipinski definition) is 6. The van der Waals surface area contributed by atoms with Crippen molar-refractivity contribution in [3.05, 3.63) is 24.2 Å². The SMILES string of the molecule is O=C(O)c1nonc1NCn1cccn1. The fourth-order valence-corrected chi connectivity index (χ4v) is 0.995. The topological polar surface area (TPSA) is 106 Å². The summed E-state index contributed by atoms with van der Waals surface area (Å²) in [7, 11) is 0. The molecule has 0 aliphatic heterocycles. The van der Waals surface area contributed by atoms with E-state index in [1.807, 2.05) is 0 Å². The molecule has 0 aliphatic carbocycles. The number of carbonyl (C=O) groups is 1. The van der Waals surface area contributed by atoms with Gasteiger partial charge in [-0.3, -0.25) is 4.68 Å². The molecule has 0 saturated heterocycles. The minimum atomic E-state index is -1.20. The summed E-state index contributed by atoms with van der Waals surface area (Å²) in [5, 5.41) is 22.0. The molecular formula is C7H7N5O3. The van der Waals surface area contributed by atoms with E-state index >= 15 is 0 Å². The predicted octanol–water partition coefficient (Wildman–Crippen LogP) is 0.0339. The Bertz CT molecular complexity index is 449. The van der Waals surface area contributed by atoms with Gasteiger partial charge in [0, 0.05) is 12.4 Å². The number of carboxylic acids is 1. The summed E-state index contributed by atoms with van der Waals surface area (Å²) in [4.78, 5) is 10.6. The largest absolute Gasteiger partial charge is 0.476 e. The zero-order chi connectivity index (χ0) is 10.7. The zero-order valence-corrected chi connectivity index (χ0v) is 7.49. The molecule has 15 heavy (non-hydrogen) atoms. The lowest BCUT2D eigenvalue weighted by Crippen LogP contribution is -2.11. The van der Waals surface area contributed by atoms with Crippen LogP contribution in [0, 0.1) is 0 Å². The van der Waals surface area contributed by atoms with Crippen LogP contribution >= 0.6 is 0 Å². The molecule has 0 amide bonds. The highest BCUT2D eigenvalue weighted by Gasteiger charge is 2.16. The molecule has 8 nitrogen and oxygen atoms in total. The molecule has 0 aromatic carbocycles. The maximum Gasteiger partial charge on any atom is 0.362 e. The van der Waals surface area contributed by atoms with Gasteiger partial charge < -0.3 is 10.4 Å². The van der Waals surface area contributed by atoms with Crippen molar-refractivity contribution in [2.75, 3.05) is 5.32 Å². The third-order valence-corrected chi connectivity index (χ3v) is 1.66. The van der Waals surface area contributed by atoms with Crippen molar-refractivity contribution in [1.82, 2.24) is 20.1 Å². The third-order valence-electron chi connectivity index (χ3n) is 1.66. The first-order valence-electron chi connectivity index (χ1n) is 4.04. The second-order valence-corrected chi connectivity index (χ2v) is 2.65. The van der Waals surface area contributed by atoms with Crippen LogP contribution in [0.2, 0.25) is 0 Å². The number of nitrogens with one attached hydrogen (secondary N) is 1. The van der Waals surface area contributed by atoms with Crippen molar-refractivity contribution in [2.45, 2.75) is 6.67 Å². The molecule has 0 atom stereocenters. The van der Waals surface area contributed by atoms with E-state index in [9.17, 15) is 4.79 Å². The molecule has 0 radical (unpaired) electrons. The van der Waals surface area contributed by atoms with Crippen molar-refractivity contribution in [3.8, 4) is 0 Å². The van der Waals surface area contributed by atoms with Gasteiger partial charge in [0.15, 0.2) is 0 Å². The average molecular weight is 209 g/mol. The maximum absolute atomic E-state index is 10.6. The molecule has 0 saturated carbocycles. The van der Waals surface area contributed by atoms with Gasteiger partial charge >= 0.3 is 5.97 Å². The van der Waals surface area contributed by atoms with Crippen LogP contribution in [0.5, 0.6) is 0 Å². The second kappa shape index (κ2) is 3.78. The Hall–Kier alpha value is -2.38. The molecule has 2 rings (SSSR count). The predicted molar refractivity (Wildman–Crippen MR) is 47.1 cm³/mol. The minimum absolute atomic E-state index is 0.0815. The fraction of sp³-hybridized carbons (Fsp3) is 0.143. The molecule has 8 heteroatoms. The monoisotopic (exact) mass is 209 g/mol. The van der Waals surface area contributed by atoms with Crippen LogP contribution in [0.1, 0.15) is 10.5 Å². The summed E-state index contributed by atoms with van der Waals surface area (Å²) in [6.45, 7) is 0.293. The Balaban J connectivity index is 2.05. The van der Waals surface area contributed by atoms with Crippen LogP contribution in [0.15, 0.2) is 23.1 Å². The fourth-order valence-electron chi connectivity index (χ4n) is 0.995. The van der Waals surface area contributed by atoms with Crippen LogP contribution in [0.4, 0.5) is 5.82 Å². The standard InChI is InChI=1S/C7H7N5O3/c13-7(14)5-6(11-15-10-5)8-4-12-3-1-2-9-12/h1-3H,4H2,(H,8,11)(H,13,14). The Morgan fingerprint density at radius 3 is 3.13 bits per heavy atom. The van der Waals surface area contributed by atoms with E-state index in [0.717, 1.165) is 0 Å². The molecule has 2 N–H and O–H groups in total. The molecule has 0 fully saturated rings. The highest BCUT2D eigenvalue weighted by Crippen LogP contribution is 2.08. The molecule has 2 heterocycles. The molecule has 78 valence electrons. The highest BCUT2D eigenvalue weighted by atomic mass is 16.6. The van der Waals surface area contributed by atoms with Gasteiger partial charge in [-0.15, -0.1) is 0 Å². The Morgan fingerprint density at radius 1 is 1.60 bits per heavy atom. The number of anilines is 1. The van der Waals surface area contributed by atoms with Gasteiger partial charge in [0.25, 0.3) is 0 Å². The molecule has 0 spiro atoms. The van der Waals surface area contributed by atoms with Gasteiger partial charge in [-0.05, 0) is 16.4 Å². The summed E-state index contributed by atoms with van der Waals surface area (Å²) >= 11 is 0. The van der Waals surface area contributed by atoms with Gasteiger partial charge in [-0.2, -0.15) is 5.10 Å². The van der Waals surface area contributed by atoms with Gasteiger partial charge in [-0.25, -0.2) is 9.42 Å². The lowest BCUT2D eigenvalue weighted by molar-refractivity contribution is 0.0685. The molecule has 2 aromatic rings. The third kappa shape index (κ3) is 1.93. The van der Waals surface area contributed by atoms with Crippen LogP contribution in [0.25, 0.3) is 0 Å². The van der Waals surface area contributed by atoms with E-state index in [1.165, 1.54) is 0 Å². The van der Waals surface area contributed by atoms with E-state index in [2.05, 4.69) is 25.4 Å². The maximum atomic E-state index is 10.6. The van der Waals surface area contributed by atoms with Crippen LogP contribution in [-0.2, 0) is 6.67 Å². The molecule has 0 unspecified atom stereocenters. The van der Waals surface area contributed by atoms with Gasteiger partial charge in [0.05, 0.1) is 0 Å². The Morgan fingerprint density at radius 2 is 2.47 bits per heavy atom. The van der Waals surface area contributed by atoms with Crippen molar-refractivity contribution < 1.29 is 14.5 Å². The normalized spacial score (nSPS) is 10.1. The number of rotatable bonds is 4. The van der Waals surface area contributed by atoms with Crippen molar-refractivity contribution in [2.24, 2.45) is 0 Å². The Kier molecular flexibility index (Phi) is 2.31. The van der Waals surface area contributed by atoms with Crippen LogP contribution < -0.4 is 5.32 Å². The van der Waals surface area contributed by atoms with E-state index in [-0.39, 0.29) is 11.5 Å². The van der Waals surface area contributed by atoms with E-state index < -0.39 is 5.97 Å². The van der Waals surface area contributed by atoms with Crippen LogP contribution in [0.3, 0.4) is 0 Å². The number of aromatic carboxylic acids is 1. The number of carboxylic acid groups (broad SMARTS) is 1. The number of hydrogen-bond donors (Lipinski definition) is 2. The van der Waals surface area contributed by atoms with Crippen LogP contribution in [-0.4, -0.2) is 31.2 Å². The summed E-state index contributed by atoms with van der Waals surface area (Å²) in [6, 6.07) is 1.75. The first kappa shape index (κ1) is 9.19. The highest BCUT2D eigenvalue weighted by molar-refractivity contribution is 5.90. The summed E-state index contributed by atoms with van der Waals surface area (Å²) in [5.74, 6) is -1.11. The zero-order valence-electron chi connectivity index (χ0n) is 7.49. The summed E-state index contributed by atoms with van der Waals surface area (Å²) < 4.78 is 5.87. The Labute approximate surface area is 83.5 Å². The number of aromatic nitrogens is 4. The van der Waals surface area contributed by atoms with Gasteiger partial charge in [-0.1, -0.05) is 0 Å². The first-order valence-corrected chi connectivity index (χ1v) is 4.04. The molecule has 2 aromatic heterocycles. The molecule has 0 bridgehead atoms. The second-order valence-electron chi connectivity index (χ2n) is 2.65. The summed E-state index contributed by atoms with van der Waals surface area (Å²) in [5.41, 5.74) is -0.248. The van der Waals surface area contributed by atoms with E-state index in [1.54, 1.807) is 23.1 Å². The lowest BCUT2D eigenvalue weighted by Gasteiger charge is -2.01. The first-order chi connectivity index (χ1) is 7.27. The van der Waals surface area contributed by atoms with Crippen molar-refractivity contribution in [1.29, 1.82) is 0 Å². The van der Waals surface area contributed by atoms with Gasteiger partial charge in [0.2, 0.25) is 11.5 Å². The minimum Gasteiger partial charge on any atom is -0.476 e. The smallest absolute Gasteiger partial charge is 0.362 e. The van der Waals surface area contributed by atoms with Crippen molar-refractivity contribution in [3.63, 3.8) is 0 Å². The number of nitrogens with zero attached hydrogens (tertiary/aromatic N) is 4. The molecular weight excluding hydrogens is 202 g/mol. The van der Waals surface area contributed by atoms with E-state index in [0.29, 0.717) is 6.67 Å².